The Bertz CT molecular complexity index is 835. The number of carbonyl (C=O) groups is 1. The van der Waals surface area contributed by atoms with Gasteiger partial charge < -0.3 is 29.7 Å². The summed E-state index contributed by atoms with van der Waals surface area (Å²) < 4.78 is 16.8. The molecule has 2 aliphatic heterocycles. The first-order chi connectivity index (χ1) is 14.8. The fraction of sp³-hybridized carbons (Fsp3) is 0.455. The van der Waals surface area contributed by atoms with E-state index in [0.29, 0.717) is 37.8 Å². The molecule has 0 saturated carbocycles. The second-order valence-electron chi connectivity index (χ2n) is 7.37. The van der Waals surface area contributed by atoms with Gasteiger partial charge in [-0.15, -0.1) is 0 Å². The minimum absolute atomic E-state index is 0.157. The molecule has 0 aliphatic carbocycles. The van der Waals surface area contributed by atoms with Gasteiger partial charge in [0.05, 0.1) is 19.3 Å². The van der Waals surface area contributed by atoms with Crippen molar-refractivity contribution >= 4 is 17.5 Å². The van der Waals surface area contributed by atoms with Crippen LogP contribution in [0.25, 0.3) is 0 Å². The number of hydrogen-bond donors (Lipinski definition) is 2. The zero-order chi connectivity index (χ0) is 20.6. The first kappa shape index (κ1) is 20.4. The van der Waals surface area contributed by atoms with Gasteiger partial charge >= 0.3 is 6.03 Å². The number of hydrogen-bond acceptors (Lipinski definition) is 6. The molecular formula is C22H28N4O4. The second-order valence-corrected chi connectivity index (χ2v) is 7.37. The van der Waals surface area contributed by atoms with Crippen LogP contribution in [0.1, 0.15) is 18.4 Å². The summed E-state index contributed by atoms with van der Waals surface area (Å²) in [5, 5.41) is 5.78. The SMILES string of the molecule is O=C(NCc1cccnc1N1CCOCC1)Nc1cccc(OC[C@H]2CCCO2)c1. The van der Waals surface area contributed by atoms with Gasteiger partial charge in [-0.2, -0.15) is 0 Å². The maximum Gasteiger partial charge on any atom is 0.319 e. The molecule has 1 atom stereocenters. The fourth-order valence-corrected chi connectivity index (χ4v) is 3.61. The molecule has 2 N–H and O–H groups in total. The second kappa shape index (κ2) is 10.3. The van der Waals surface area contributed by atoms with E-state index in [4.69, 9.17) is 14.2 Å². The molecule has 0 spiro atoms. The Morgan fingerprint density at radius 2 is 2.10 bits per heavy atom. The first-order valence-electron chi connectivity index (χ1n) is 10.4. The molecule has 0 unspecified atom stereocenters. The van der Waals surface area contributed by atoms with Gasteiger partial charge in [-0.1, -0.05) is 12.1 Å². The van der Waals surface area contributed by atoms with Crippen LogP contribution in [0, 0.1) is 0 Å². The van der Waals surface area contributed by atoms with E-state index in [2.05, 4.69) is 20.5 Å². The van der Waals surface area contributed by atoms with Crippen molar-refractivity contribution in [2.24, 2.45) is 0 Å². The summed E-state index contributed by atoms with van der Waals surface area (Å²) in [4.78, 5) is 19.1. The number of urea groups is 1. The third-order valence-corrected chi connectivity index (χ3v) is 5.17. The number of ether oxygens (including phenoxy) is 3. The van der Waals surface area contributed by atoms with Crippen LogP contribution in [0.5, 0.6) is 5.75 Å². The Balaban J connectivity index is 1.29. The third-order valence-electron chi connectivity index (χ3n) is 5.17. The van der Waals surface area contributed by atoms with Crippen molar-refractivity contribution in [3.05, 3.63) is 48.2 Å². The van der Waals surface area contributed by atoms with Crippen LogP contribution in [0.2, 0.25) is 0 Å². The van der Waals surface area contributed by atoms with Gasteiger partial charge in [-0.3, -0.25) is 0 Å². The highest BCUT2D eigenvalue weighted by atomic mass is 16.5. The summed E-state index contributed by atoms with van der Waals surface area (Å²) >= 11 is 0. The van der Waals surface area contributed by atoms with E-state index in [-0.39, 0.29) is 12.1 Å². The molecule has 8 heteroatoms. The summed E-state index contributed by atoms with van der Waals surface area (Å²) in [6, 6.07) is 11.0. The number of pyridine rings is 1. The lowest BCUT2D eigenvalue weighted by atomic mass is 10.2. The fourth-order valence-electron chi connectivity index (χ4n) is 3.61. The van der Waals surface area contributed by atoms with Gasteiger partial charge in [0.2, 0.25) is 0 Å². The number of nitrogens with one attached hydrogen (secondary N) is 2. The molecule has 2 fully saturated rings. The Hall–Kier alpha value is -2.84. The van der Waals surface area contributed by atoms with Crippen molar-refractivity contribution in [1.29, 1.82) is 0 Å². The number of morpholine rings is 1. The molecule has 2 amide bonds. The zero-order valence-electron chi connectivity index (χ0n) is 17.0. The van der Waals surface area contributed by atoms with Crippen molar-refractivity contribution in [3.63, 3.8) is 0 Å². The van der Waals surface area contributed by atoms with Gasteiger partial charge in [0.1, 0.15) is 18.2 Å². The van der Waals surface area contributed by atoms with E-state index < -0.39 is 0 Å². The van der Waals surface area contributed by atoms with Crippen molar-refractivity contribution in [2.45, 2.75) is 25.5 Å². The topological polar surface area (TPSA) is 85.0 Å². The number of carbonyl (C=O) groups excluding carboxylic acids is 1. The lowest BCUT2D eigenvalue weighted by molar-refractivity contribution is 0.0680. The van der Waals surface area contributed by atoms with Crippen molar-refractivity contribution in [2.75, 3.05) is 49.7 Å². The third kappa shape index (κ3) is 5.61. The maximum absolute atomic E-state index is 12.4. The maximum atomic E-state index is 12.4. The molecule has 1 aromatic heterocycles. The predicted molar refractivity (Wildman–Crippen MR) is 114 cm³/mol. The summed E-state index contributed by atoms with van der Waals surface area (Å²) in [6.45, 7) is 4.71. The molecule has 2 aromatic rings. The highest BCUT2D eigenvalue weighted by molar-refractivity contribution is 5.89. The van der Waals surface area contributed by atoms with Crippen LogP contribution in [-0.2, 0) is 16.0 Å². The molecule has 0 bridgehead atoms. The summed E-state index contributed by atoms with van der Waals surface area (Å²) in [7, 11) is 0. The Kier molecular flexibility index (Phi) is 6.99. The number of aromatic nitrogens is 1. The quantitative estimate of drug-likeness (QED) is 0.728. The highest BCUT2D eigenvalue weighted by Gasteiger charge is 2.17. The van der Waals surface area contributed by atoms with Crippen molar-refractivity contribution in [3.8, 4) is 5.75 Å². The average Bonchev–Trinajstić information content (AvgIpc) is 3.31. The van der Waals surface area contributed by atoms with Crippen LogP contribution < -0.4 is 20.3 Å². The van der Waals surface area contributed by atoms with Crippen LogP contribution in [-0.4, -0.2) is 56.6 Å². The number of anilines is 2. The van der Waals surface area contributed by atoms with E-state index >= 15 is 0 Å². The number of nitrogens with zero attached hydrogens (tertiary/aromatic N) is 2. The highest BCUT2D eigenvalue weighted by Crippen LogP contribution is 2.20. The molecule has 4 rings (SSSR count). The van der Waals surface area contributed by atoms with Crippen LogP contribution in [0.15, 0.2) is 42.6 Å². The number of amides is 2. The first-order valence-corrected chi connectivity index (χ1v) is 10.4. The smallest absolute Gasteiger partial charge is 0.319 e. The summed E-state index contributed by atoms with van der Waals surface area (Å²) in [6.07, 6.45) is 4.04. The van der Waals surface area contributed by atoms with Gasteiger partial charge in [0, 0.05) is 49.8 Å². The van der Waals surface area contributed by atoms with E-state index in [1.165, 1.54) is 0 Å². The van der Waals surface area contributed by atoms with Crippen molar-refractivity contribution < 1.29 is 19.0 Å². The largest absolute Gasteiger partial charge is 0.491 e. The molecule has 160 valence electrons. The minimum atomic E-state index is -0.275. The standard InChI is InChI=1S/C22H28N4O4/c27-22(24-15-17-4-2-8-23-21(17)26-9-12-28-13-10-26)25-18-5-1-6-19(14-18)30-16-20-7-3-11-29-20/h1-2,4-6,8,14,20H,3,7,9-13,15-16H2,(H2,24,25,27)/t20-/m1/s1. The summed E-state index contributed by atoms with van der Waals surface area (Å²) in [5.74, 6) is 1.61. The summed E-state index contributed by atoms with van der Waals surface area (Å²) in [5.41, 5.74) is 1.65. The minimum Gasteiger partial charge on any atom is -0.491 e. The molecular weight excluding hydrogens is 384 g/mol. The van der Waals surface area contributed by atoms with E-state index in [9.17, 15) is 4.79 Å². The van der Waals surface area contributed by atoms with Gasteiger partial charge in [0.25, 0.3) is 0 Å². The van der Waals surface area contributed by atoms with Gasteiger partial charge in [0.15, 0.2) is 0 Å². The Morgan fingerprint density at radius 3 is 2.93 bits per heavy atom. The number of rotatable bonds is 7. The van der Waals surface area contributed by atoms with Crippen LogP contribution in [0.4, 0.5) is 16.3 Å². The Labute approximate surface area is 176 Å². The average molecular weight is 412 g/mol. The molecule has 0 radical (unpaired) electrons. The molecule has 8 nitrogen and oxygen atoms in total. The Morgan fingerprint density at radius 1 is 1.20 bits per heavy atom. The zero-order valence-corrected chi connectivity index (χ0v) is 17.0. The van der Waals surface area contributed by atoms with Crippen molar-refractivity contribution in [1.82, 2.24) is 10.3 Å². The molecule has 2 aliphatic rings. The van der Waals surface area contributed by atoms with E-state index in [1.54, 1.807) is 6.20 Å². The molecule has 3 heterocycles. The molecule has 30 heavy (non-hydrogen) atoms. The lowest BCUT2D eigenvalue weighted by Crippen LogP contribution is -2.38. The monoisotopic (exact) mass is 412 g/mol. The lowest BCUT2D eigenvalue weighted by Gasteiger charge is -2.29. The normalized spacial score (nSPS) is 18.8. The molecule has 2 saturated heterocycles. The van der Waals surface area contributed by atoms with Crippen LogP contribution >= 0.6 is 0 Å². The van der Waals surface area contributed by atoms with Crippen LogP contribution in [0.3, 0.4) is 0 Å². The van der Waals surface area contributed by atoms with E-state index in [0.717, 1.165) is 43.9 Å². The van der Waals surface area contributed by atoms with Gasteiger partial charge in [-0.05, 0) is 31.0 Å². The predicted octanol–water partition coefficient (Wildman–Crippen LogP) is 2.80. The van der Waals surface area contributed by atoms with E-state index in [1.807, 2.05) is 36.4 Å². The van der Waals surface area contributed by atoms with Gasteiger partial charge in [-0.25, -0.2) is 9.78 Å². The molecule has 1 aromatic carbocycles. The number of benzene rings is 1.